The molecule has 15 nitrogen and oxygen atoms in total. The minimum Gasteiger partial charge on any atom is -0.478 e. The molecule has 7 rings (SSSR count). The molecular weight excluding hydrogens is 905 g/mol. The highest BCUT2D eigenvalue weighted by Crippen LogP contribution is 2.52. The maximum atomic E-state index is 12.7. The lowest BCUT2D eigenvalue weighted by Crippen LogP contribution is -2.28. The van der Waals surface area contributed by atoms with E-state index in [9.17, 15) is 57.6 Å². The molecule has 64 heavy (non-hydrogen) atoms. The summed E-state index contributed by atoms with van der Waals surface area (Å²) in [5, 5.41) is 9.70. The first-order valence-electron chi connectivity index (χ1n) is 19.0. The van der Waals surface area contributed by atoms with Crippen molar-refractivity contribution in [2.75, 3.05) is 4.90 Å². The van der Waals surface area contributed by atoms with E-state index in [2.05, 4.69) is 5.87 Å². The van der Waals surface area contributed by atoms with Gasteiger partial charge in [-0.05, 0) is 115 Å². The Hall–Kier alpha value is -6.03. The standard InChI is InChI=1S/C45H40N2O13S4/c1-44(2)37-26-35(63(55,56)57)18-20-39(37)46(31-8-6-10-33(24-31)61(5,50)51)41(44)22-16-29(28-12-14-30(15-13-28)43(48)49)17-23-42-45(3,4)38-27-36(64(58,59)60)19-21-40(38)47(42)32-9-7-11-34(25-32)62(52,53)54/h6-27H,5H2,1-4H3,(H4-,48,49,50,51,52,53,54,55,56,57,58,59,60)/p+1. The molecule has 5 aromatic rings. The van der Waals surface area contributed by atoms with Gasteiger partial charge in [-0.1, -0.05) is 44.2 Å². The Bertz CT molecular complexity index is 3400. The highest BCUT2D eigenvalue weighted by molar-refractivity contribution is 7.95. The fraction of sp³-hybridized carbons (Fsp3) is 0.133. The van der Waals surface area contributed by atoms with Crippen molar-refractivity contribution in [2.45, 2.75) is 58.1 Å². The number of fused-ring (bicyclic) bond motifs is 2. The minimum atomic E-state index is -4.66. The zero-order chi connectivity index (χ0) is 46.9. The summed E-state index contributed by atoms with van der Waals surface area (Å²) in [5.41, 5.74) is 2.54. The van der Waals surface area contributed by atoms with Crippen molar-refractivity contribution in [3.63, 3.8) is 0 Å². The van der Waals surface area contributed by atoms with Crippen LogP contribution in [0.15, 0.2) is 159 Å². The molecule has 19 heteroatoms. The highest BCUT2D eigenvalue weighted by atomic mass is 32.2. The summed E-state index contributed by atoms with van der Waals surface area (Å²) in [6.45, 7) is 7.23. The van der Waals surface area contributed by atoms with E-state index in [0.717, 1.165) is 0 Å². The molecule has 0 saturated carbocycles. The molecule has 0 saturated heterocycles. The summed E-state index contributed by atoms with van der Waals surface area (Å²) in [4.78, 5) is 12.5. The van der Waals surface area contributed by atoms with Crippen molar-refractivity contribution in [3.8, 4) is 0 Å². The van der Waals surface area contributed by atoms with Crippen LogP contribution in [0.3, 0.4) is 0 Å². The number of carboxylic acid groups (broad SMARTS) is 1. The lowest BCUT2D eigenvalue weighted by Gasteiger charge is -2.27. The van der Waals surface area contributed by atoms with E-state index in [4.69, 9.17) is 0 Å². The summed E-state index contributed by atoms with van der Waals surface area (Å²) in [6, 6.07) is 25.8. The molecule has 0 aromatic heterocycles. The van der Waals surface area contributed by atoms with Crippen molar-refractivity contribution < 1.29 is 57.6 Å². The average Bonchev–Trinajstić information content (AvgIpc) is 3.57. The first-order valence-corrected chi connectivity index (χ1v) is 25.0. The van der Waals surface area contributed by atoms with Gasteiger partial charge < -0.3 is 14.6 Å². The van der Waals surface area contributed by atoms with Gasteiger partial charge in [0.05, 0.1) is 31.4 Å². The number of rotatable bonds is 11. The monoisotopic (exact) mass is 945 g/mol. The van der Waals surface area contributed by atoms with Crippen molar-refractivity contribution in [1.82, 2.24) is 4.58 Å². The van der Waals surface area contributed by atoms with Gasteiger partial charge in [0.25, 0.3) is 30.4 Å². The number of carbonyl (C=O) groups is 1. The highest BCUT2D eigenvalue weighted by Gasteiger charge is 2.46. The fourth-order valence-corrected chi connectivity index (χ4v) is 10.1. The third kappa shape index (κ3) is 8.63. The molecule has 0 bridgehead atoms. The molecule has 332 valence electrons. The van der Waals surface area contributed by atoms with Crippen LogP contribution in [0.4, 0.5) is 22.7 Å². The van der Waals surface area contributed by atoms with Gasteiger partial charge in [0.15, 0.2) is 5.71 Å². The average molecular weight is 946 g/mol. The number of carboxylic acids is 1. The Morgan fingerprint density at radius 1 is 0.641 bits per heavy atom. The van der Waals surface area contributed by atoms with Crippen molar-refractivity contribution in [3.05, 3.63) is 161 Å². The van der Waals surface area contributed by atoms with Gasteiger partial charge in [-0.2, -0.15) is 29.8 Å². The molecule has 0 amide bonds. The van der Waals surface area contributed by atoms with E-state index >= 15 is 0 Å². The number of allylic oxidation sites excluding steroid dienone is 6. The summed E-state index contributed by atoms with van der Waals surface area (Å²) in [5.74, 6) is 2.24. The Labute approximate surface area is 370 Å². The fourth-order valence-electron chi connectivity index (χ4n) is 7.95. The van der Waals surface area contributed by atoms with E-state index in [1.165, 1.54) is 78.9 Å². The van der Waals surface area contributed by atoms with E-state index < -0.39 is 61.9 Å². The van der Waals surface area contributed by atoms with E-state index in [-0.39, 0.29) is 25.9 Å². The Morgan fingerprint density at radius 2 is 1.19 bits per heavy atom. The number of hydrogen-bond acceptors (Lipinski definition) is 9. The number of benzene rings is 5. The molecule has 0 radical (unpaired) electrons. The first kappa shape index (κ1) is 46.0. The second-order valence-corrected chi connectivity index (χ2v) is 22.1. The molecule has 2 aliphatic heterocycles. The van der Waals surface area contributed by atoms with E-state index in [0.29, 0.717) is 50.7 Å². The minimum absolute atomic E-state index is 0.00525. The van der Waals surface area contributed by atoms with Crippen LogP contribution >= 0.6 is 0 Å². The van der Waals surface area contributed by atoms with Gasteiger partial charge in [-0.15, -0.1) is 0 Å². The van der Waals surface area contributed by atoms with Crippen LogP contribution < -0.4 is 9.48 Å². The largest absolute Gasteiger partial charge is 0.478 e. The number of aromatic carboxylic acids is 1. The molecular formula is C45H41N2O13S4+. The third-order valence-electron chi connectivity index (χ3n) is 11.2. The normalized spacial score (nSPS) is 17.7. The van der Waals surface area contributed by atoms with Crippen molar-refractivity contribution in [2.24, 2.45) is 0 Å². The van der Waals surface area contributed by atoms with Gasteiger partial charge in [0, 0.05) is 46.6 Å². The van der Waals surface area contributed by atoms with Crippen LogP contribution in [0.1, 0.15) is 54.7 Å². The molecule has 2 heterocycles. The zero-order valence-electron chi connectivity index (χ0n) is 34.4. The van der Waals surface area contributed by atoms with Crippen LogP contribution in [0.5, 0.6) is 0 Å². The third-order valence-corrected chi connectivity index (χ3v) is 14.8. The smallest absolute Gasteiger partial charge is 0.335 e. The molecule has 1 unspecified atom stereocenters. The lowest BCUT2D eigenvalue weighted by molar-refractivity contribution is 0.0696. The molecule has 0 spiro atoms. The summed E-state index contributed by atoms with van der Waals surface area (Å²) in [7, 11) is -17.6. The van der Waals surface area contributed by atoms with Crippen LogP contribution in [0.25, 0.3) is 5.57 Å². The van der Waals surface area contributed by atoms with Crippen LogP contribution in [0.2, 0.25) is 0 Å². The van der Waals surface area contributed by atoms with Crippen LogP contribution in [-0.4, -0.2) is 70.3 Å². The molecule has 5 aromatic carbocycles. The Morgan fingerprint density at radius 3 is 1.78 bits per heavy atom. The van der Waals surface area contributed by atoms with Crippen LogP contribution in [0, 0.1) is 0 Å². The van der Waals surface area contributed by atoms with E-state index in [1.54, 1.807) is 78.0 Å². The van der Waals surface area contributed by atoms with Crippen molar-refractivity contribution in [1.29, 1.82) is 0 Å². The predicted molar refractivity (Wildman–Crippen MR) is 245 cm³/mol. The molecule has 2 aliphatic rings. The maximum absolute atomic E-state index is 12.7. The second-order valence-electron chi connectivity index (χ2n) is 16.1. The number of anilines is 2. The van der Waals surface area contributed by atoms with Gasteiger partial charge >= 0.3 is 5.97 Å². The second kappa shape index (κ2) is 15.9. The zero-order valence-corrected chi connectivity index (χ0v) is 37.7. The summed E-state index contributed by atoms with van der Waals surface area (Å²) < 4.78 is 129. The molecule has 0 fully saturated rings. The van der Waals surface area contributed by atoms with Gasteiger partial charge in [0.1, 0.15) is 14.7 Å². The predicted octanol–water partition coefficient (Wildman–Crippen LogP) is 7.89. The van der Waals surface area contributed by atoms with Gasteiger partial charge in [-0.25, -0.2) is 9.00 Å². The van der Waals surface area contributed by atoms with Crippen LogP contribution in [-0.2, 0) is 51.0 Å². The Kier molecular flexibility index (Phi) is 11.4. The first-order chi connectivity index (χ1) is 29.6. The summed E-state index contributed by atoms with van der Waals surface area (Å²) in [6.07, 6.45) is 6.89. The van der Waals surface area contributed by atoms with Gasteiger partial charge in [-0.3, -0.25) is 13.7 Å². The number of hydrogen-bond donors (Lipinski definition) is 5. The topological polar surface area (TPSA) is 244 Å². The molecule has 5 N–H and O–H groups in total. The number of nitrogens with zero attached hydrogens (tertiary/aromatic N) is 2. The lowest BCUT2D eigenvalue weighted by atomic mass is 9.81. The molecule has 1 atom stereocenters. The maximum Gasteiger partial charge on any atom is 0.335 e. The SMILES string of the molecule is C=S(=O)(O)c1cccc(N2/C(=C/C=C(/C=C/C3=[N+](c4cccc(S(=O)(=O)O)c4)c4ccc(S(=O)(=O)O)cc4C3(C)C)c3ccc(C(=O)O)cc3)C(C)(C)c3cc(S(=O)(=O)O)ccc32)c1. The van der Waals surface area contributed by atoms with Gasteiger partial charge in [0.2, 0.25) is 11.4 Å². The van der Waals surface area contributed by atoms with E-state index in [1.807, 2.05) is 13.8 Å². The molecule has 0 aliphatic carbocycles. The summed E-state index contributed by atoms with van der Waals surface area (Å²) >= 11 is 0. The Balaban J connectivity index is 1.49. The van der Waals surface area contributed by atoms with Crippen molar-refractivity contribution >= 4 is 86.0 Å². The quantitative estimate of drug-likeness (QED) is 0.0366.